The summed E-state index contributed by atoms with van der Waals surface area (Å²) in [5.41, 5.74) is 2.92. The van der Waals surface area contributed by atoms with Gasteiger partial charge in [0.1, 0.15) is 6.04 Å². The Hall–Kier alpha value is -1.48. The lowest BCUT2D eigenvalue weighted by Gasteiger charge is -2.32. The molecule has 2 atom stereocenters. The first kappa shape index (κ1) is 15.4. The second-order valence-corrected chi connectivity index (χ2v) is 6.21. The van der Waals surface area contributed by atoms with Crippen LogP contribution in [0.15, 0.2) is 24.3 Å². The van der Waals surface area contributed by atoms with E-state index in [9.17, 15) is 0 Å². The fraction of sp³-hybridized carbons (Fsp3) is 0.579. The third kappa shape index (κ3) is 3.14. The van der Waals surface area contributed by atoms with E-state index in [1.54, 1.807) is 0 Å². The minimum atomic E-state index is 0.573. The first-order valence-electron chi connectivity index (χ1n) is 8.74. The number of rotatable bonds is 5. The van der Waals surface area contributed by atoms with Crippen LogP contribution in [0.1, 0.15) is 50.3 Å². The zero-order valence-electron chi connectivity index (χ0n) is 13.8. The number of nitrogens with two attached hydrogens (primary N) is 1. The van der Waals surface area contributed by atoms with Gasteiger partial charge in [0, 0.05) is 17.9 Å². The van der Waals surface area contributed by atoms with E-state index in [4.69, 9.17) is 9.47 Å². The van der Waals surface area contributed by atoms with Crippen molar-refractivity contribution in [2.45, 2.75) is 45.6 Å². The first-order chi connectivity index (χ1) is 10.8. The summed E-state index contributed by atoms with van der Waals surface area (Å²) in [4.78, 5) is 0. The average molecular weight is 302 g/mol. The van der Waals surface area contributed by atoms with E-state index in [2.05, 4.69) is 29.6 Å². The summed E-state index contributed by atoms with van der Waals surface area (Å²) >= 11 is 0. The van der Waals surface area contributed by atoms with Crippen molar-refractivity contribution in [3.05, 3.63) is 35.4 Å². The van der Waals surface area contributed by atoms with Crippen LogP contribution in [0, 0.1) is 5.92 Å². The predicted octanol–water partition coefficient (Wildman–Crippen LogP) is 3.00. The summed E-state index contributed by atoms with van der Waals surface area (Å²) in [5, 5.41) is 2.53. The maximum atomic E-state index is 5.84. The molecule has 2 aliphatic rings. The van der Waals surface area contributed by atoms with Crippen LogP contribution in [-0.2, 0) is 6.42 Å². The van der Waals surface area contributed by atoms with Gasteiger partial charge in [0.25, 0.3) is 0 Å². The molecule has 3 nitrogen and oxygen atoms in total. The molecule has 1 aliphatic carbocycles. The molecule has 1 aromatic carbocycles. The molecule has 0 saturated carbocycles. The Morgan fingerprint density at radius 1 is 1.09 bits per heavy atom. The zero-order chi connectivity index (χ0) is 15.4. The molecule has 120 valence electrons. The molecule has 0 unspecified atom stereocenters. The second kappa shape index (κ2) is 7.19. The van der Waals surface area contributed by atoms with Crippen LogP contribution in [0.2, 0.25) is 0 Å². The third-order valence-corrected chi connectivity index (χ3v) is 4.82. The Balaban J connectivity index is 1.94. The quantitative estimate of drug-likeness (QED) is 0.849. The lowest BCUT2D eigenvalue weighted by Crippen LogP contribution is -2.88. The third-order valence-electron chi connectivity index (χ3n) is 4.82. The van der Waals surface area contributed by atoms with Crippen molar-refractivity contribution in [3.63, 3.8) is 0 Å². The van der Waals surface area contributed by atoms with E-state index in [1.807, 2.05) is 13.8 Å². The molecule has 3 heteroatoms. The number of fused-ring (bicyclic) bond motifs is 1. The molecule has 1 heterocycles. The highest BCUT2D eigenvalue weighted by Gasteiger charge is 2.32. The Kier molecular flexibility index (Phi) is 5.04. The molecule has 0 aromatic heterocycles. The fourth-order valence-electron chi connectivity index (χ4n) is 3.82. The van der Waals surface area contributed by atoms with Gasteiger partial charge in [-0.3, -0.25) is 0 Å². The van der Waals surface area contributed by atoms with E-state index in [-0.39, 0.29) is 0 Å². The van der Waals surface area contributed by atoms with Gasteiger partial charge in [-0.15, -0.1) is 0 Å². The minimum Gasteiger partial charge on any atom is -0.490 e. The summed E-state index contributed by atoms with van der Waals surface area (Å²) < 4.78 is 11.6. The van der Waals surface area contributed by atoms with Gasteiger partial charge in [-0.2, -0.15) is 0 Å². The van der Waals surface area contributed by atoms with Crippen LogP contribution in [-0.4, -0.2) is 19.8 Å². The molecule has 3 rings (SSSR count). The van der Waals surface area contributed by atoms with Crippen molar-refractivity contribution in [2.75, 3.05) is 19.8 Å². The van der Waals surface area contributed by atoms with Crippen molar-refractivity contribution in [1.29, 1.82) is 0 Å². The largest absolute Gasteiger partial charge is 0.490 e. The summed E-state index contributed by atoms with van der Waals surface area (Å²) in [6, 6.07) is 5.05. The van der Waals surface area contributed by atoms with Crippen molar-refractivity contribution >= 4 is 0 Å². The van der Waals surface area contributed by atoms with Gasteiger partial charge in [0.05, 0.1) is 19.8 Å². The van der Waals surface area contributed by atoms with E-state index >= 15 is 0 Å². The van der Waals surface area contributed by atoms with E-state index < -0.39 is 0 Å². The van der Waals surface area contributed by atoms with Gasteiger partial charge >= 0.3 is 0 Å². The smallest absolute Gasteiger partial charge is 0.161 e. The highest BCUT2D eigenvalue weighted by Crippen LogP contribution is 2.38. The van der Waals surface area contributed by atoms with Crippen molar-refractivity contribution in [1.82, 2.24) is 0 Å². The molecule has 0 bridgehead atoms. The molecular formula is C19H28NO2+. The molecule has 0 spiro atoms. The predicted molar refractivity (Wildman–Crippen MR) is 88.5 cm³/mol. The first-order valence-corrected chi connectivity index (χ1v) is 8.74. The molecular weight excluding hydrogens is 274 g/mol. The van der Waals surface area contributed by atoms with Gasteiger partial charge in [0.2, 0.25) is 0 Å². The van der Waals surface area contributed by atoms with E-state index in [1.165, 1.54) is 36.9 Å². The normalized spacial score (nSPS) is 23.9. The summed E-state index contributed by atoms with van der Waals surface area (Å²) in [6.45, 7) is 6.60. The van der Waals surface area contributed by atoms with Gasteiger partial charge in [-0.05, 0) is 50.8 Å². The van der Waals surface area contributed by atoms with Gasteiger partial charge in [-0.25, -0.2) is 0 Å². The van der Waals surface area contributed by atoms with E-state index in [0.29, 0.717) is 19.3 Å². The number of quaternary nitrogens is 1. The second-order valence-electron chi connectivity index (χ2n) is 6.21. The topological polar surface area (TPSA) is 35.1 Å². The standard InChI is InChI=1S/C19H27NO2/c1-3-21-17-12-15-10-11-20-19(14-8-6-5-7-9-14)16(15)13-18(17)22-4-2/h5-6,12-14,19-20H,3-4,7-11H2,1-2H3/p+1/t14-,19-/m0/s1. The molecule has 0 fully saturated rings. The SMILES string of the molecule is CCOc1cc2c(cc1OCC)[C@H]([C@H]1CC=CCC1)[NH2+]CC2. The van der Waals surface area contributed by atoms with Crippen LogP contribution < -0.4 is 14.8 Å². The summed E-state index contributed by atoms with van der Waals surface area (Å²) in [7, 11) is 0. The Morgan fingerprint density at radius 2 is 1.86 bits per heavy atom. The number of allylic oxidation sites excluding steroid dienone is 2. The minimum absolute atomic E-state index is 0.573. The van der Waals surface area contributed by atoms with Crippen LogP contribution in [0.25, 0.3) is 0 Å². The van der Waals surface area contributed by atoms with Crippen LogP contribution >= 0.6 is 0 Å². The monoisotopic (exact) mass is 302 g/mol. The Labute approximate surface area is 133 Å². The molecule has 1 aliphatic heterocycles. The van der Waals surface area contributed by atoms with E-state index in [0.717, 1.165) is 23.8 Å². The van der Waals surface area contributed by atoms with Crippen LogP contribution in [0.5, 0.6) is 11.5 Å². The molecule has 0 radical (unpaired) electrons. The fourth-order valence-corrected chi connectivity index (χ4v) is 3.82. The van der Waals surface area contributed by atoms with Gasteiger partial charge in [0.15, 0.2) is 11.5 Å². The summed E-state index contributed by atoms with van der Waals surface area (Å²) in [5.74, 6) is 2.57. The molecule has 1 aromatic rings. The molecule has 0 amide bonds. The lowest BCUT2D eigenvalue weighted by atomic mass is 9.80. The van der Waals surface area contributed by atoms with Crippen LogP contribution in [0.3, 0.4) is 0 Å². The number of hydrogen-bond donors (Lipinski definition) is 1. The Morgan fingerprint density at radius 3 is 2.55 bits per heavy atom. The van der Waals surface area contributed by atoms with Crippen LogP contribution in [0.4, 0.5) is 0 Å². The molecule has 22 heavy (non-hydrogen) atoms. The van der Waals surface area contributed by atoms with Gasteiger partial charge < -0.3 is 14.8 Å². The maximum absolute atomic E-state index is 5.84. The van der Waals surface area contributed by atoms with Crippen molar-refractivity contribution in [2.24, 2.45) is 5.92 Å². The number of ether oxygens (including phenoxy) is 2. The lowest BCUT2D eigenvalue weighted by molar-refractivity contribution is -0.706. The van der Waals surface area contributed by atoms with Gasteiger partial charge in [-0.1, -0.05) is 12.2 Å². The summed E-state index contributed by atoms with van der Waals surface area (Å²) in [6.07, 6.45) is 9.53. The maximum Gasteiger partial charge on any atom is 0.161 e. The molecule has 0 saturated heterocycles. The highest BCUT2D eigenvalue weighted by atomic mass is 16.5. The number of benzene rings is 1. The average Bonchev–Trinajstić information content (AvgIpc) is 2.56. The zero-order valence-corrected chi connectivity index (χ0v) is 13.8. The van der Waals surface area contributed by atoms with Crippen molar-refractivity contribution < 1.29 is 14.8 Å². The Bertz CT molecular complexity index is 538. The molecule has 2 N–H and O–H groups in total. The van der Waals surface area contributed by atoms with Crippen molar-refractivity contribution in [3.8, 4) is 11.5 Å². The highest BCUT2D eigenvalue weighted by molar-refractivity contribution is 5.49. The number of hydrogen-bond acceptors (Lipinski definition) is 2.